The maximum atomic E-state index is 14.4. The van der Waals surface area contributed by atoms with Gasteiger partial charge in [-0.15, -0.1) is 0 Å². The largest absolute Gasteiger partial charge is 0.429 e. The summed E-state index contributed by atoms with van der Waals surface area (Å²) in [5.74, 6) is -0.657. The monoisotopic (exact) mass is 388 g/mol. The molecule has 2 rings (SSSR count). The van der Waals surface area contributed by atoms with Gasteiger partial charge < -0.3 is 4.74 Å². The molecule has 0 aliphatic carbocycles. The topological polar surface area (TPSA) is 9.23 Å². The van der Waals surface area contributed by atoms with Crippen LogP contribution in [0.25, 0.3) is 0 Å². The first-order valence-corrected chi connectivity index (χ1v) is 8.94. The Balaban J connectivity index is 2.37. The average molecular weight is 388 g/mol. The van der Waals surface area contributed by atoms with Gasteiger partial charge in [0, 0.05) is 0 Å². The molecule has 2 aromatic carbocycles. The predicted molar refractivity (Wildman–Crippen MR) is 83.0 cm³/mol. The summed E-state index contributed by atoms with van der Waals surface area (Å²) in [6.45, 7) is 4.62. The summed E-state index contributed by atoms with van der Waals surface area (Å²) in [6.07, 6.45) is -3.84. The Morgan fingerprint density at radius 2 is 1.24 bits per heavy atom. The molecule has 0 amide bonds. The molecular formula is C16H15F7OS. The quantitative estimate of drug-likeness (QED) is 0.496. The molecule has 0 unspecified atom stereocenters. The van der Waals surface area contributed by atoms with Crippen molar-refractivity contribution in [1.82, 2.24) is 0 Å². The molecular weight excluding hydrogens is 373 g/mol. The van der Waals surface area contributed by atoms with Gasteiger partial charge in [0.05, 0.1) is 5.56 Å². The summed E-state index contributed by atoms with van der Waals surface area (Å²) in [4.78, 5) is -2.17. The SMILES string of the molecule is Cc1cc(C)c(C(F)(F)Oc2ccc(S(F)(F)(F)(F)F)cc2)c(C)c1. The van der Waals surface area contributed by atoms with Crippen LogP contribution in [0.3, 0.4) is 0 Å². The highest BCUT2D eigenvalue weighted by atomic mass is 32.5. The first-order chi connectivity index (χ1) is 11.0. The second kappa shape index (κ2) is 5.06. The van der Waals surface area contributed by atoms with Crippen LogP contribution in [0, 0.1) is 20.8 Å². The Morgan fingerprint density at radius 3 is 1.64 bits per heavy atom. The second-order valence-electron chi connectivity index (χ2n) is 5.83. The first-order valence-electron chi connectivity index (χ1n) is 6.99. The normalized spacial score (nSPS) is 15.4. The molecule has 0 N–H and O–H groups in total. The van der Waals surface area contributed by atoms with Crippen LogP contribution in [-0.4, -0.2) is 0 Å². The fraction of sp³-hybridized carbons (Fsp3) is 0.250. The lowest BCUT2D eigenvalue weighted by molar-refractivity contribution is -0.186. The van der Waals surface area contributed by atoms with Crippen molar-refractivity contribution in [1.29, 1.82) is 0 Å². The third kappa shape index (κ3) is 4.39. The lowest BCUT2D eigenvalue weighted by atomic mass is 9.99. The van der Waals surface area contributed by atoms with E-state index in [0.717, 1.165) is 5.56 Å². The summed E-state index contributed by atoms with van der Waals surface area (Å²) < 4.78 is 96.5. The van der Waals surface area contributed by atoms with Gasteiger partial charge in [0.25, 0.3) is 0 Å². The van der Waals surface area contributed by atoms with Crippen LogP contribution in [0.2, 0.25) is 0 Å². The van der Waals surface area contributed by atoms with Crippen molar-refractivity contribution in [3.05, 3.63) is 58.7 Å². The minimum absolute atomic E-state index is 0.0296. The van der Waals surface area contributed by atoms with Gasteiger partial charge in [-0.3, -0.25) is 0 Å². The zero-order valence-electron chi connectivity index (χ0n) is 13.4. The van der Waals surface area contributed by atoms with Crippen molar-refractivity contribution in [3.63, 3.8) is 0 Å². The molecule has 0 saturated carbocycles. The van der Waals surface area contributed by atoms with Crippen molar-refractivity contribution in [2.75, 3.05) is 0 Å². The molecule has 9 heteroatoms. The van der Waals surface area contributed by atoms with E-state index in [1.807, 2.05) is 0 Å². The molecule has 0 aromatic heterocycles. The van der Waals surface area contributed by atoms with Gasteiger partial charge in [0.15, 0.2) is 0 Å². The first kappa shape index (κ1) is 19.4. The van der Waals surface area contributed by atoms with E-state index in [2.05, 4.69) is 4.74 Å². The lowest BCUT2D eigenvalue weighted by Gasteiger charge is -2.40. The minimum Gasteiger partial charge on any atom is -0.429 e. The fourth-order valence-corrected chi connectivity index (χ4v) is 3.25. The van der Waals surface area contributed by atoms with Crippen LogP contribution in [0.15, 0.2) is 41.3 Å². The van der Waals surface area contributed by atoms with E-state index in [1.54, 1.807) is 6.92 Å². The van der Waals surface area contributed by atoms with Gasteiger partial charge in [0.1, 0.15) is 10.6 Å². The third-order valence-electron chi connectivity index (χ3n) is 3.48. The Bertz CT molecular complexity index is 788. The number of rotatable bonds is 4. The van der Waals surface area contributed by atoms with Crippen molar-refractivity contribution < 1.29 is 32.9 Å². The van der Waals surface area contributed by atoms with Gasteiger partial charge in [-0.1, -0.05) is 37.1 Å². The molecule has 0 spiro atoms. The molecule has 0 aliphatic heterocycles. The second-order valence-corrected chi connectivity index (χ2v) is 8.24. The zero-order chi connectivity index (χ0) is 19.3. The van der Waals surface area contributed by atoms with E-state index in [4.69, 9.17) is 0 Å². The summed E-state index contributed by atoms with van der Waals surface area (Å²) in [6, 6.07) is 3.97. The van der Waals surface area contributed by atoms with Gasteiger partial charge in [-0.25, -0.2) is 0 Å². The average Bonchev–Trinajstić information content (AvgIpc) is 2.33. The molecule has 0 saturated heterocycles. The van der Waals surface area contributed by atoms with Gasteiger partial charge in [-0.05, 0) is 56.2 Å². The van der Waals surface area contributed by atoms with E-state index in [1.165, 1.54) is 26.0 Å². The highest BCUT2D eigenvalue weighted by molar-refractivity contribution is 8.45. The summed E-state index contributed by atoms with van der Waals surface area (Å²) >= 11 is 0. The van der Waals surface area contributed by atoms with Gasteiger partial charge in [-0.2, -0.15) is 8.78 Å². The smallest absolute Gasteiger partial charge is 0.427 e. The van der Waals surface area contributed by atoms with E-state index in [0.29, 0.717) is 12.1 Å². The fourth-order valence-electron chi connectivity index (χ4n) is 2.60. The Labute approximate surface area is 140 Å². The van der Waals surface area contributed by atoms with E-state index in [-0.39, 0.29) is 23.3 Å². The minimum atomic E-state index is -9.85. The summed E-state index contributed by atoms with van der Waals surface area (Å²) in [7, 11) is -9.85. The number of aryl methyl sites for hydroxylation is 3. The molecule has 0 radical (unpaired) electrons. The molecule has 0 atom stereocenters. The van der Waals surface area contributed by atoms with E-state index in [9.17, 15) is 28.2 Å². The zero-order valence-corrected chi connectivity index (χ0v) is 14.2. The third-order valence-corrected chi connectivity index (χ3v) is 4.65. The van der Waals surface area contributed by atoms with Crippen LogP contribution >= 0.6 is 10.2 Å². The Morgan fingerprint density at radius 1 is 0.800 bits per heavy atom. The summed E-state index contributed by atoms with van der Waals surface area (Å²) in [5, 5.41) is 0. The standard InChI is InChI=1S/C16H15F7OS/c1-10-8-11(2)15(12(3)9-10)16(17,18)24-13-4-6-14(7-5-13)25(19,20,21,22)23/h4-9H,1-3H3. The number of ether oxygens (including phenoxy) is 1. The Hall–Kier alpha value is -1.90. The number of hydrogen-bond acceptors (Lipinski definition) is 1. The van der Waals surface area contributed by atoms with Crippen molar-refractivity contribution >= 4 is 10.2 Å². The maximum Gasteiger partial charge on any atom is 0.427 e. The molecule has 0 bridgehead atoms. The number of halogens is 7. The van der Waals surface area contributed by atoms with E-state index < -0.39 is 32.5 Å². The molecule has 2 aromatic rings. The van der Waals surface area contributed by atoms with Gasteiger partial charge in [0.2, 0.25) is 0 Å². The molecule has 140 valence electrons. The van der Waals surface area contributed by atoms with Crippen molar-refractivity contribution in [2.45, 2.75) is 31.8 Å². The number of benzene rings is 2. The van der Waals surface area contributed by atoms with Crippen LogP contribution in [0.1, 0.15) is 22.3 Å². The van der Waals surface area contributed by atoms with Crippen molar-refractivity contribution in [2.24, 2.45) is 0 Å². The molecule has 1 nitrogen and oxygen atoms in total. The summed E-state index contributed by atoms with van der Waals surface area (Å²) in [5.41, 5.74) is 0.821. The van der Waals surface area contributed by atoms with Crippen LogP contribution < -0.4 is 4.74 Å². The molecule has 0 fully saturated rings. The lowest BCUT2D eigenvalue weighted by Crippen LogP contribution is -2.24. The van der Waals surface area contributed by atoms with E-state index >= 15 is 0 Å². The highest BCUT2D eigenvalue weighted by Crippen LogP contribution is 3.02. The number of alkyl halides is 2. The van der Waals surface area contributed by atoms with Gasteiger partial charge >= 0.3 is 16.3 Å². The van der Waals surface area contributed by atoms with Crippen LogP contribution in [0.5, 0.6) is 5.75 Å². The maximum absolute atomic E-state index is 14.4. The molecule has 0 heterocycles. The van der Waals surface area contributed by atoms with Crippen LogP contribution in [0.4, 0.5) is 28.2 Å². The highest BCUT2D eigenvalue weighted by Gasteiger charge is 2.65. The number of hydrogen-bond donors (Lipinski definition) is 0. The van der Waals surface area contributed by atoms with Crippen molar-refractivity contribution in [3.8, 4) is 5.75 Å². The molecule has 0 aliphatic rings. The van der Waals surface area contributed by atoms with Crippen LogP contribution in [-0.2, 0) is 6.11 Å². The molecule has 25 heavy (non-hydrogen) atoms. The predicted octanol–water partition coefficient (Wildman–Crippen LogP) is 7.40. The Kier molecular flexibility index (Phi) is 3.93.